The fraction of sp³-hybridized carbons (Fsp3) is 0.455. The highest BCUT2D eigenvalue weighted by Gasteiger charge is 2.13. The minimum Gasteiger partial charge on any atom is -0.456 e. The molecule has 1 aromatic heterocycles. The van der Waals surface area contributed by atoms with E-state index < -0.39 is 6.61 Å². The van der Waals surface area contributed by atoms with Crippen molar-refractivity contribution in [3.05, 3.63) is 25.5 Å². The zero-order valence-corrected chi connectivity index (χ0v) is 9.35. The van der Waals surface area contributed by atoms with Gasteiger partial charge in [-0.2, -0.15) is 8.78 Å². The van der Waals surface area contributed by atoms with Crippen LogP contribution in [0.3, 0.4) is 0 Å². The van der Waals surface area contributed by atoms with Crippen molar-refractivity contribution in [3.63, 3.8) is 0 Å². The number of alkyl halides is 2. The molecule has 1 fully saturated rings. The predicted molar refractivity (Wildman–Crippen MR) is 60.0 cm³/mol. The third-order valence-corrected chi connectivity index (χ3v) is 2.66. The van der Waals surface area contributed by atoms with Gasteiger partial charge in [0.1, 0.15) is 5.75 Å². The maximum atomic E-state index is 12.1. The Labute approximate surface area is 98.8 Å². The summed E-state index contributed by atoms with van der Waals surface area (Å²) in [5.74, 6) is 0.0922. The molecule has 17 heavy (non-hydrogen) atoms. The number of hydrogen-bond acceptors (Lipinski definition) is 4. The third-order valence-electron chi connectivity index (χ3n) is 2.66. The molecule has 1 aromatic rings. The fourth-order valence-corrected chi connectivity index (χ4v) is 1.75. The van der Waals surface area contributed by atoms with E-state index in [1.54, 1.807) is 12.3 Å². The Hall–Kier alpha value is -1.43. The molecule has 6 heteroatoms. The van der Waals surface area contributed by atoms with Crippen molar-refractivity contribution in [2.75, 3.05) is 31.1 Å². The van der Waals surface area contributed by atoms with Crippen LogP contribution in [0.5, 0.6) is 5.75 Å². The van der Waals surface area contributed by atoms with Crippen LogP contribution in [-0.2, 0) is 0 Å². The first-order valence-electron chi connectivity index (χ1n) is 5.35. The number of hydrogen-bond donors (Lipinski definition) is 0. The fourth-order valence-electron chi connectivity index (χ4n) is 1.75. The number of piperazine rings is 1. The van der Waals surface area contributed by atoms with Gasteiger partial charge in [-0.05, 0) is 13.1 Å². The van der Waals surface area contributed by atoms with Crippen molar-refractivity contribution in [1.82, 2.24) is 9.88 Å². The molecule has 1 aliphatic heterocycles. The van der Waals surface area contributed by atoms with E-state index in [1.165, 1.54) is 6.20 Å². The number of aromatic nitrogens is 1. The minimum absolute atomic E-state index is 0.0922. The standard InChI is InChI=1S/C11H14F2N3O/c1-15-2-4-16(5-3-15)9-6-10(8-14-7-9)17-11(12)13/h6-8,11H,1-5H2/q-1. The minimum atomic E-state index is -2.82. The van der Waals surface area contributed by atoms with Crippen LogP contribution in [0.4, 0.5) is 14.5 Å². The average Bonchev–Trinajstić information content (AvgIpc) is 2.29. The van der Waals surface area contributed by atoms with Gasteiger partial charge in [-0.15, -0.1) is 0 Å². The van der Waals surface area contributed by atoms with E-state index in [9.17, 15) is 8.78 Å². The van der Waals surface area contributed by atoms with Crippen molar-refractivity contribution < 1.29 is 13.5 Å². The van der Waals surface area contributed by atoms with E-state index >= 15 is 0 Å². The van der Waals surface area contributed by atoms with Crippen molar-refractivity contribution in [3.8, 4) is 5.75 Å². The molecule has 0 saturated carbocycles. The van der Waals surface area contributed by atoms with Crippen LogP contribution < -0.4 is 9.64 Å². The molecule has 2 heterocycles. The smallest absolute Gasteiger partial charge is 0.387 e. The first-order chi connectivity index (χ1) is 8.15. The first-order valence-corrected chi connectivity index (χ1v) is 5.35. The van der Waals surface area contributed by atoms with E-state index in [-0.39, 0.29) is 5.75 Å². The lowest BCUT2D eigenvalue weighted by molar-refractivity contribution is -0.0500. The molecule has 0 aromatic carbocycles. The summed E-state index contributed by atoms with van der Waals surface area (Å²) in [7, 11) is 3.85. The zero-order chi connectivity index (χ0) is 12.3. The molecule has 94 valence electrons. The number of nitrogens with zero attached hydrogens (tertiary/aromatic N) is 3. The molecule has 1 saturated heterocycles. The Morgan fingerprint density at radius 3 is 2.59 bits per heavy atom. The second kappa shape index (κ2) is 5.27. The molecule has 2 rings (SSSR count). The van der Waals surface area contributed by atoms with Crippen molar-refractivity contribution in [2.24, 2.45) is 0 Å². The molecule has 0 atom stereocenters. The Kier molecular flexibility index (Phi) is 3.73. The summed E-state index contributed by atoms with van der Waals surface area (Å²) in [4.78, 5) is 7.95. The van der Waals surface area contributed by atoms with Crippen LogP contribution in [0.2, 0.25) is 0 Å². The van der Waals surface area contributed by atoms with Gasteiger partial charge >= 0.3 is 6.61 Å². The molecule has 0 aliphatic carbocycles. The van der Waals surface area contributed by atoms with E-state index in [2.05, 4.69) is 21.7 Å². The lowest BCUT2D eigenvalue weighted by Crippen LogP contribution is -2.43. The van der Waals surface area contributed by atoms with E-state index in [0.717, 1.165) is 31.9 Å². The van der Waals surface area contributed by atoms with Crippen molar-refractivity contribution in [1.29, 1.82) is 0 Å². The molecule has 0 unspecified atom stereocenters. The predicted octanol–water partition coefficient (Wildman–Crippen LogP) is 1.60. The van der Waals surface area contributed by atoms with Gasteiger partial charge in [0.05, 0.1) is 18.1 Å². The second-order valence-corrected chi connectivity index (χ2v) is 3.86. The quantitative estimate of drug-likeness (QED) is 0.753. The second-order valence-electron chi connectivity index (χ2n) is 3.86. The van der Waals surface area contributed by atoms with Gasteiger partial charge in [-0.3, -0.25) is 12.0 Å². The highest BCUT2D eigenvalue weighted by Crippen LogP contribution is 2.21. The maximum Gasteiger partial charge on any atom is 0.387 e. The Balaban J connectivity index is 2.05. The maximum absolute atomic E-state index is 12.1. The normalized spacial score (nSPS) is 17.5. The monoisotopic (exact) mass is 242 g/mol. The van der Waals surface area contributed by atoms with Gasteiger partial charge < -0.3 is 14.5 Å². The number of rotatable bonds is 3. The number of pyridine rings is 1. The Morgan fingerprint density at radius 2 is 1.94 bits per heavy atom. The summed E-state index contributed by atoms with van der Waals surface area (Å²) < 4.78 is 28.5. The molecule has 0 N–H and O–H groups in total. The summed E-state index contributed by atoms with van der Waals surface area (Å²) in [6.45, 7) is 0.496. The van der Waals surface area contributed by atoms with E-state index in [4.69, 9.17) is 0 Å². The van der Waals surface area contributed by atoms with Crippen LogP contribution in [0, 0.1) is 7.05 Å². The molecular weight excluding hydrogens is 228 g/mol. The van der Waals surface area contributed by atoms with Gasteiger partial charge in [0.2, 0.25) is 0 Å². The van der Waals surface area contributed by atoms with Gasteiger partial charge in [-0.1, -0.05) is 0 Å². The van der Waals surface area contributed by atoms with Gasteiger partial charge in [0.25, 0.3) is 0 Å². The molecular formula is C11H14F2N3O-. The SMILES string of the molecule is [CH2-]N1CCN(c2cncc(OC(F)F)c2)CC1. The third kappa shape index (κ3) is 3.26. The van der Waals surface area contributed by atoms with Crippen molar-refractivity contribution in [2.45, 2.75) is 6.61 Å². The highest BCUT2D eigenvalue weighted by atomic mass is 19.3. The molecule has 0 radical (unpaired) electrons. The lowest BCUT2D eigenvalue weighted by Gasteiger charge is -2.38. The summed E-state index contributed by atoms with van der Waals surface area (Å²) in [6, 6.07) is 1.58. The van der Waals surface area contributed by atoms with Gasteiger partial charge in [-0.25, -0.2) is 0 Å². The van der Waals surface area contributed by atoms with E-state index in [1.807, 2.05) is 4.90 Å². The average molecular weight is 242 g/mol. The van der Waals surface area contributed by atoms with Crippen LogP contribution in [-0.4, -0.2) is 42.7 Å². The molecule has 0 amide bonds. The van der Waals surface area contributed by atoms with Crippen LogP contribution in [0.25, 0.3) is 0 Å². The first kappa shape index (κ1) is 12.0. The summed E-state index contributed by atoms with van der Waals surface area (Å²) in [5, 5.41) is 0. The lowest BCUT2D eigenvalue weighted by atomic mass is 10.3. The topological polar surface area (TPSA) is 28.6 Å². The van der Waals surface area contributed by atoms with Crippen LogP contribution >= 0.6 is 0 Å². The Morgan fingerprint density at radius 1 is 1.24 bits per heavy atom. The molecule has 0 bridgehead atoms. The zero-order valence-electron chi connectivity index (χ0n) is 9.35. The highest BCUT2D eigenvalue weighted by molar-refractivity contribution is 5.48. The number of ether oxygens (including phenoxy) is 1. The summed E-state index contributed by atoms with van der Waals surface area (Å²) in [5.41, 5.74) is 0.802. The van der Waals surface area contributed by atoms with Gasteiger partial charge in [0.15, 0.2) is 0 Å². The molecule has 1 aliphatic rings. The van der Waals surface area contributed by atoms with Crippen LogP contribution in [0.15, 0.2) is 18.5 Å². The van der Waals surface area contributed by atoms with Crippen LogP contribution in [0.1, 0.15) is 0 Å². The number of anilines is 1. The summed E-state index contributed by atoms with van der Waals surface area (Å²) >= 11 is 0. The number of halogens is 2. The van der Waals surface area contributed by atoms with Crippen molar-refractivity contribution >= 4 is 5.69 Å². The van der Waals surface area contributed by atoms with Gasteiger partial charge in [0, 0.05) is 19.2 Å². The molecule has 0 spiro atoms. The summed E-state index contributed by atoms with van der Waals surface area (Å²) in [6.07, 6.45) is 2.93. The Bertz CT molecular complexity index is 367. The van der Waals surface area contributed by atoms with E-state index in [0.29, 0.717) is 0 Å². The largest absolute Gasteiger partial charge is 0.456 e. The molecule has 4 nitrogen and oxygen atoms in total.